The lowest BCUT2D eigenvalue weighted by Crippen LogP contribution is -2.58. The molecule has 31 heavy (non-hydrogen) atoms. The summed E-state index contributed by atoms with van der Waals surface area (Å²) in [5.41, 5.74) is 2.53. The molecule has 3 fully saturated rings. The van der Waals surface area contributed by atoms with Crippen LogP contribution in [0.5, 0.6) is 0 Å². The highest BCUT2D eigenvalue weighted by atomic mass is 16.7. The molecular weight excluding hydrogens is 388 g/mol. The summed E-state index contributed by atoms with van der Waals surface area (Å²) in [6.45, 7) is 11.0. The number of fused-ring (bicyclic) bond motifs is 3. The lowest BCUT2D eigenvalue weighted by atomic mass is 9.57. The van der Waals surface area contributed by atoms with Crippen molar-refractivity contribution in [2.45, 2.75) is 104 Å². The minimum atomic E-state index is -0.575. The normalized spacial score (nSPS) is 42.5. The first-order chi connectivity index (χ1) is 14.7. The van der Waals surface area contributed by atoms with Crippen molar-refractivity contribution in [3.63, 3.8) is 0 Å². The van der Waals surface area contributed by atoms with Gasteiger partial charge in [0.2, 0.25) is 0 Å². The molecule has 176 valence electrons. The topological polar surface area (TPSA) is 58.9 Å². The quantitative estimate of drug-likeness (QED) is 0.583. The molecule has 4 rings (SSSR count). The SMILES string of the molecule is CC(C)=CCC[C@H](C)[C@@H]1CC[C@@H]2OC(C)(C)O[C@H]3CC4=CCC[C@@H](CO)[C@H]([C@@H]1[C@H]23)[C@H]4O. The van der Waals surface area contributed by atoms with Gasteiger partial charge in [-0.05, 0) is 108 Å². The molecule has 2 saturated carbocycles. The maximum Gasteiger partial charge on any atom is 0.163 e. The second-order valence-electron chi connectivity index (χ2n) is 11.5. The molecule has 0 aromatic carbocycles. The zero-order chi connectivity index (χ0) is 22.3. The monoisotopic (exact) mass is 432 g/mol. The predicted molar refractivity (Wildman–Crippen MR) is 123 cm³/mol. The van der Waals surface area contributed by atoms with Gasteiger partial charge in [-0.3, -0.25) is 0 Å². The van der Waals surface area contributed by atoms with Crippen molar-refractivity contribution in [3.05, 3.63) is 23.3 Å². The average Bonchev–Trinajstić information content (AvgIpc) is 2.91. The van der Waals surface area contributed by atoms with Crippen molar-refractivity contribution in [2.24, 2.45) is 35.5 Å². The van der Waals surface area contributed by atoms with Gasteiger partial charge in [-0.1, -0.05) is 24.6 Å². The molecule has 1 saturated heterocycles. The number of ether oxygens (including phenoxy) is 2. The Balaban J connectivity index is 1.71. The Bertz CT molecular complexity index is 691. The van der Waals surface area contributed by atoms with Crippen molar-refractivity contribution >= 4 is 0 Å². The summed E-state index contributed by atoms with van der Waals surface area (Å²) in [5, 5.41) is 21.9. The van der Waals surface area contributed by atoms with Gasteiger partial charge in [0.25, 0.3) is 0 Å². The van der Waals surface area contributed by atoms with E-state index in [9.17, 15) is 10.2 Å². The van der Waals surface area contributed by atoms with E-state index >= 15 is 0 Å². The van der Waals surface area contributed by atoms with Gasteiger partial charge in [0, 0.05) is 12.5 Å². The molecule has 0 radical (unpaired) electrons. The van der Waals surface area contributed by atoms with Crippen molar-refractivity contribution in [3.8, 4) is 0 Å². The largest absolute Gasteiger partial charge is 0.396 e. The summed E-state index contributed by atoms with van der Waals surface area (Å²) in [7, 11) is 0. The molecule has 0 aromatic heterocycles. The highest BCUT2D eigenvalue weighted by molar-refractivity contribution is 5.20. The van der Waals surface area contributed by atoms with Crippen LogP contribution in [0.1, 0.15) is 79.6 Å². The Labute approximate surface area is 189 Å². The summed E-state index contributed by atoms with van der Waals surface area (Å²) < 4.78 is 13.1. The van der Waals surface area contributed by atoms with Gasteiger partial charge in [-0.2, -0.15) is 0 Å². The molecule has 0 unspecified atom stereocenters. The van der Waals surface area contributed by atoms with Crippen molar-refractivity contribution < 1.29 is 19.7 Å². The van der Waals surface area contributed by atoms with Crippen LogP contribution in [0.2, 0.25) is 0 Å². The smallest absolute Gasteiger partial charge is 0.163 e. The first-order valence-corrected chi connectivity index (χ1v) is 12.7. The van der Waals surface area contributed by atoms with Crippen LogP contribution in [0.25, 0.3) is 0 Å². The van der Waals surface area contributed by atoms with E-state index in [4.69, 9.17) is 9.47 Å². The fourth-order valence-corrected chi connectivity index (χ4v) is 7.44. The molecule has 0 amide bonds. The van der Waals surface area contributed by atoms with Crippen LogP contribution in [0, 0.1) is 35.5 Å². The molecule has 1 aliphatic heterocycles. The van der Waals surface area contributed by atoms with E-state index in [1.54, 1.807) is 0 Å². The molecule has 4 nitrogen and oxygen atoms in total. The number of rotatable bonds is 5. The van der Waals surface area contributed by atoms with Crippen LogP contribution in [0.15, 0.2) is 23.3 Å². The highest BCUT2D eigenvalue weighted by Crippen LogP contribution is 2.56. The number of hydrogen-bond donors (Lipinski definition) is 2. The van der Waals surface area contributed by atoms with Crippen molar-refractivity contribution in [1.82, 2.24) is 0 Å². The molecule has 2 bridgehead atoms. The predicted octanol–water partition coefficient (Wildman–Crippen LogP) is 5.24. The van der Waals surface area contributed by atoms with E-state index in [-0.39, 0.29) is 30.7 Å². The maximum atomic E-state index is 11.6. The lowest BCUT2D eigenvalue weighted by molar-refractivity contribution is -0.339. The number of allylic oxidation sites excluding steroid dienone is 3. The minimum absolute atomic E-state index is 0.0925. The Morgan fingerprint density at radius 1 is 1.13 bits per heavy atom. The van der Waals surface area contributed by atoms with Gasteiger partial charge >= 0.3 is 0 Å². The molecule has 4 heteroatoms. The molecule has 4 aliphatic rings. The van der Waals surface area contributed by atoms with Crippen LogP contribution >= 0.6 is 0 Å². The first-order valence-electron chi connectivity index (χ1n) is 12.7. The fraction of sp³-hybridized carbons (Fsp3) is 0.852. The van der Waals surface area contributed by atoms with Crippen LogP contribution in [0.3, 0.4) is 0 Å². The average molecular weight is 433 g/mol. The Morgan fingerprint density at radius 3 is 2.58 bits per heavy atom. The minimum Gasteiger partial charge on any atom is -0.396 e. The van der Waals surface area contributed by atoms with Crippen molar-refractivity contribution in [2.75, 3.05) is 6.61 Å². The summed E-state index contributed by atoms with van der Waals surface area (Å²) in [5.74, 6) is 1.42. The standard InChI is InChI=1S/C27H44O4/c1-16(2)8-6-9-17(3)20-12-13-21-25-22(31-27(4,5)30-21)14-18-10-7-11-19(15-28)23(24(20)25)26(18)29/h8,10,17,19-26,28-29H,6-7,9,11-15H2,1-5H3/t17-,19-,20-,21-,22-,23+,24+,25+,26-/m0/s1. The van der Waals surface area contributed by atoms with E-state index < -0.39 is 11.9 Å². The second kappa shape index (κ2) is 9.29. The summed E-state index contributed by atoms with van der Waals surface area (Å²) in [6, 6.07) is 0. The molecule has 0 aromatic rings. The van der Waals surface area contributed by atoms with Gasteiger partial charge in [0.1, 0.15) is 0 Å². The van der Waals surface area contributed by atoms with Gasteiger partial charge in [-0.15, -0.1) is 0 Å². The van der Waals surface area contributed by atoms with E-state index in [1.807, 2.05) is 13.8 Å². The van der Waals surface area contributed by atoms with E-state index in [0.717, 1.165) is 44.1 Å². The third kappa shape index (κ3) is 4.69. The Kier molecular flexibility index (Phi) is 7.03. The summed E-state index contributed by atoms with van der Waals surface area (Å²) >= 11 is 0. The Morgan fingerprint density at radius 2 is 1.87 bits per heavy atom. The van der Waals surface area contributed by atoms with E-state index in [0.29, 0.717) is 23.7 Å². The molecular formula is C27H44O4. The van der Waals surface area contributed by atoms with Crippen LogP contribution in [0.4, 0.5) is 0 Å². The number of hydrogen-bond acceptors (Lipinski definition) is 4. The zero-order valence-electron chi connectivity index (χ0n) is 20.2. The van der Waals surface area contributed by atoms with Gasteiger partial charge in [-0.25, -0.2) is 0 Å². The highest BCUT2D eigenvalue weighted by Gasteiger charge is 2.58. The molecule has 1 heterocycles. The van der Waals surface area contributed by atoms with Gasteiger partial charge < -0.3 is 19.7 Å². The molecule has 0 spiro atoms. The van der Waals surface area contributed by atoms with Crippen LogP contribution in [-0.2, 0) is 9.47 Å². The van der Waals surface area contributed by atoms with Gasteiger partial charge in [0.05, 0.1) is 18.3 Å². The molecule has 9 atom stereocenters. The fourth-order valence-electron chi connectivity index (χ4n) is 7.44. The zero-order valence-corrected chi connectivity index (χ0v) is 20.2. The van der Waals surface area contributed by atoms with Crippen LogP contribution in [-0.4, -0.2) is 40.9 Å². The van der Waals surface area contributed by atoms with Crippen molar-refractivity contribution in [1.29, 1.82) is 0 Å². The summed E-state index contributed by atoms with van der Waals surface area (Å²) in [6.07, 6.45) is 11.6. The lowest BCUT2D eigenvalue weighted by Gasteiger charge is -2.55. The number of aliphatic hydroxyl groups excluding tert-OH is 2. The Hall–Kier alpha value is -0.680. The summed E-state index contributed by atoms with van der Waals surface area (Å²) in [4.78, 5) is 0. The first kappa shape index (κ1) is 23.5. The molecule has 3 aliphatic carbocycles. The second-order valence-corrected chi connectivity index (χ2v) is 11.5. The maximum absolute atomic E-state index is 11.6. The van der Waals surface area contributed by atoms with Crippen LogP contribution < -0.4 is 0 Å². The number of aliphatic hydroxyl groups is 2. The van der Waals surface area contributed by atoms with E-state index in [2.05, 4.69) is 32.9 Å². The molecule has 2 N–H and O–H groups in total. The third-order valence-corrected chi connectivity index (χ3v) is 8.71. The third-order valence-electron chi connectivity index (χ3n) is 8.71. The van der Waals surface area contributed by atoms with E-state index in [1.165, 1.54) is 12.0 Å². The van der Waals surface area contributed by atoms with Gasteiger partial charge in [0.15, 0.2) is 5.79 Å².